The minimum atomic E-state index is -4.49. The number of carboxylic acid groups (broad SMARTS) is 1. The van der Waals surface area contributed by atoms with Crippen LogP contribution < -0.4 is 4.90 Å². The van der Waals surface area contributed by atoms with Crippen LogP contribution in [0.15, 0.2) is 18.2 Å². The Bertz CT molecular complexity index is 570. The molecule has 1 aliphatic heterocycles. The van der Waals surface area contributed by atoms with Gasteiger partial charge in [-0.2, -0.15) is 13.2 Å². The fraction of sp³-hybridized carbons (Fsp3) is 0.571. The smallest absolute Gasteiger partial charge is 0.433 e. The van der Waals surface area contributed by atoms with Gasteiger partial charge in [0.1, 0.15) is 11.5 Å². The molecule has 7 heteroatoms. The van der Waals surface area contributed by atoms with E-state index in [9.17, 15) is 23.1 Å². The minimum Gasteiger partial charge on any atom is -0.481 e. The van der Waals surface area contributed by atoms with Gasteiger partial charge in [0.2, 0.25) is 0 Å². The first-order chi connectivity index (χ1) is 9.82. The van der Waals surface area contributed by atoms with E-state index in [4.69, 9.17) is 0 Å². The van der Waals surface area contributed by atoms with Crippen molar-refractivity contribution in [3.05, 3.63) is 23.9 Å². The number of hydrogen-bond donors (Lipinski definition) is 1. The molecule has 3 rings (SSSR count). The van der Waals surface area contributed by atoms with Crippen LogP contribution >= 0.6 is 0 Å². The van der Waals surface area contributed by atoms with Gasteiger partial charge < -0.3 is 10.0 Å². The predicted octanol–water partition coefficient (Wildman–Crippen LogP) is 2.79. The molecule has 2 fully saturated rings. The number of aliphatic carboxylic acids is 1. The Labute approximate surface area is 119 Å². The summed E-state index contributed by atoms with van der Waals surface area (Å²) >= 11 is 0. The van der Waals surface area contributed by atoms with Crippen LogP contribution in [0.25, 0.3) is 0 Å². The monoisotopic (exact) mass is 300 g/mol. The third-order valence-corrected chi connectivity index (χ3v) is 4.64. The third kappa shape index (κ3) is 2.34. The second-order valence-electron chi connectivity index (χ2n) is 5.87. The molecular weight excluding hydrogens is 285 g/mol. The number of anilines is 1. The van der Waals surface area contributed by atoms with E-state index in [2.05, 4.69) is 4.98 Å². The molecule has 0 radical (unpaired) electrons. The van der Waals surface area contributed by atoms with Crippen molar-refractivity contribution in [2.75, 3.05) is 18.0 Å². The summed E-state index contributed by atoms with van der Waals surface area (Å²) in [5, 5.41) is 9.34. The molecule has 1 atom stereocenters. The average Bonchev–Trinajstić information content (AvgIpc) is 2.78. The molecule has 1 aliphatic carbocycles. The summed E-state index contributed by atoms with van der Waals surface area (Å²) in [5.74, 6) is -1.19. The summed E-state index contributed by atoms with van der Waals surface area (Å²) in [5.41, 5.74) is -1.23. The number of aromatic nitrogens is 1. The van der Waals surface area contributed by atoms with Gasteiger partial charge in [-0.1, -0.05) is 12.5 Å². The molecule has 1 saturated heterocycles. The Morgan fingerprint density at radius 3 is 2.57 bits per heavy atom. The van der Waals surface area contributed by atoms with Crippen LogP contribution in [0.1, 0.15) is 25.0 Å². The standard InChI is InChI=1S/C14H15F3N2O2/c15-14(16,17)10-3-1-4-11(18-10)19-7-9(12(20)21)13(8-19)5-2-6-13/h1,3-4,9H,2,5-8H2,(H,20,21). The van der Waals surface area contributed by atoms with E-state index in [-0.39, 0.29) is 17.8 Å². The van der Waals surface area contributed by atoms with Crippen molar-refractivity contribution < 1.29 is 23.1 Å². The lowest BCUT2D eigenvalue weighted by Crippen LogP contribution is -2.40. The molecule has 0 amide bonds. The molecule has 0 bridgehead atoms. The molecule has 1 N–H and O–H groups in total. The summed E-state index contributed by atoms with van der Waals surface area (Å²) in [4.78, 5) is 16.7. The van der Waals surface area contributed by atoms with Gasteiger partial charge in [-0.3, -0.25) is 4.79 Å². The largest absolute Gasteiger partial charge is 0.481 e. The van der Waals surface area contributed by atoms with E-state index in [0.29, 0.717) is 6.54 Å². The maximum atomic E-state index is 12.7. The molecule has 1 aromatic rings. The Balaban J connectivity index is 1.87. The molecule has 1 unspecified atom stereocenters. The van der Waals surface area contributed by atoms with Gasteiger partial charge >= 0.3 is 12.1 Å². The second-order valence-corrected chi connectivity index (χ2v) is 5.87. The summed E-state index contributed by atoms with van der Waals surface area (Å²) in [6, 6.07) is 3.74. The van der Waals surface area contributed by atoms with E-state index in [1.165, 1.54) is 12.1 Å². The Morgan fingerprint density at radius 2 is 2.10 bits per heavy atom. The summed E-state index contributed by atoms with van der Waals surface area (Å²) in [6.07, 6.45) is -1.87. The highest BCUT2D eigenvalue weighted by Gasteiger charge is 2.53. The SMILES string of the molecule is O=C(O)C1CN(c2cccc(C(F)(F)F)n2)CC12CCC2. The molecular formula is C14H15F3N2O2. The first-order valence-corrected chi connectivity index (χ1v) is 6.84. The van der Waals surface area contributed by atoms with Crippen LogP contribution in [0.4, 0.5) is 19.0 Å². The van der Waals surface area contributed by atoms with Crippen LogP contribution in [0, 0.1) is 11.3 Å². The summed E-state index contributed by atoms with van der Waals surface area (Å²) in [6.45, 7) is 0.696. The van der Waals surface area contributed by atoms with Crippen molar-refractivity contribution in [1.29, 1.82) is 0 Å². The first kappa shape index (κ1) is 14.2. The van der Waals surface area contributed by atoms with E-state index in [0.717, 1.165) is 25.3 Å². The Hall–Kier alpha value is -1.79. The molecule has 1 spiro atoms. The second kappa shape index (κ2) is 4.61. The number of carboxylic acids is 1. The van der Waals surface area contributed by atoms with E-state index >= 15 is 0 Å². The Morgan fingerprint density at radius 1 is 1.38 bits per heavy atom. The number of carbonyl (C=O) groups is 1. The first-order valence-electron chi connectivity index (χ1n) is 6.84. The van der Waals surface area contributed by atoms with Crippen LogP contribution in [0.5, 0.6) is 0 Å². The molecule has 0 aromatic carbocycles. The van der Waals surface area contributed by atoms with Gasteiger partial charge in [-0.05, 0) is 25.0 Å². The van der Waals surface area contributed by atoms with Crippen LogP contribution in [0.3, 0.4) is 0 Å². The van der Waals surface area contributed by atoms with E-state index in [1.807, 2.05) is 0 Å². The van der Waals surface area contributed by atoms with Crippen molar-refractivity contribution in [3.63, 3.8) is 0 Å². The van der Waals surface area contributed by atoms with Crippen LogP contribution in [-0.4, -0.2) is 29.1 Å². The number of halogens is 3. The highest BCUT2D eigenvalue weighted by Crippen LogP contribution is 2.52. The fourth-order valence-electron chi connectivity index (χ4n) is 3.38. The lowest BCUT2D eigenvalue weighted by molar-refractivity contribution is -0.146. The van der Waals surface area contributed by atoms with Crippen molar-refractivity contribution in [2.24, 2.45) is 11.3 Å². The average molecular weight is 300 g/mol. The predicted molar refractivity (Wildman–Crippen MR) is 68.9 cm³/mol. The van der Waals surface area contributed by atoms with Gasteiger partial charge in [0.05, 0.1) is 5.92 Å². The molecule has 2 heterocycles. The van der Waals surface area contributed by atoms with Gasteiger partial charge in [0.25, 0.3) is 0 Å². The minimum absolute atomic E-state index is 0.208. The number of alkyl halides is 3. The number of pyridine rings is 1. The normalized spacial score (nSPS) is 24.1. The molecule has 4 nitrogen and oxygen atoms in total. The van der Waals surface area contributed by atoms with E-state index < -0.39 is 23.8 Å². The highest BCUT2D eigenvalue weighted by molar-refractivity contribution is 5.73. The lowest BCUT2D eigenvalue weighted by Gasteiger charge is -2.41. The quantitative estimate of drug-likeness (QED) is 0.912. The van der Waals surface area contributed by atoms with Gasteiger partial charge in [-0.15, -0.1) is 0 Å². The Kier molecular flexibility index (Phi) is 3.11. The fourth-order valence-corrected chi connectivity index (χ4v) is 3.38. The van der Waals surface area contributed by atoms with Gasteiger partial charge in [0, 0.05) is 18.5 Å². The topological polar surface area (TPSA) is 53.4 Å². The highest BCUT2D eigenvalue weighted by atomic mass is 19.4. The molecule has 1 saturated carbocycles. The lowest BCUT2D eigenvalue weighted by atomic mass is 9.63. The van der Waals surface area contributed by atoms with Crippen molar-refractivity contribution in [2.45, 2.75) is 25.4 Å². The third-order valence-electron chi connectivity index (χ3n) is 4.64. The maximum Gasteiger partial charge on any atom is 0.433 e. The molecule has 21 heavy (non-hydrogen) atoms. The van der Waals surface area contributed by atoms with Crippen LogP contribution in [-0.2, 0) is 11.0 Å². The summed E-state index contributed by atoms with van der Waals surface area (Å²) < 4.78 is 38.1. The molecule has 114 valence electrons. The van der Waals surface area contributed by atoms with Crippen molar-refractivity contribution >= 4 is 11.8 Å². The van der Waals surface area contributed by atoms with Crippen molar-refractivity contribution in [1.82, 2.24) is 4.98 Å². The van der Waals surface area contributed by atoms with Gasteiger partial charge in [0.15, 0.2) is 0 Å². The van der Waals surface area contributed by atoms with Crippen molar-refractivity contribution in [3.8, 4) is 0 Å². The number of hydrogen-bond acceptors (Lipinski definition) is 3. The van der Waals surface area contributed by atoms with E-state index in [1.54, 1.807) is 4.90 Å². The number of rotatable bonds is 2. The zero-order chi connectivity index (χ0) is 15.3. The summed E-state index contributed by atoms with van der Waals surface area (Å²) in [7, 11) is 0. The molecule has 1 aromatic heterocycles. The zero-order valence-corrected chi connectivity index (χ0v) is 11.2. The maximum absolute atomic E-state index is 12.7. The molecule has 2 aliphatic rings. The van der Waals surface area contributed by atoms with Gasteiger partial charge in [-0.25, -0.2) is 4.98 Å². The van der Waals surface area contributed by atoms with Crippen LogP contribution in [0.2, 0.25) is 0 Å². The zero-order valence-electron chi connectivity index (χ0n) is 11.2. The number of nitrogens with zero attached hydrogens (tertiary/aromatic N) is 2.